The average Bonchev–Trinajstić information content (AvgIpc) is 2.91. The van der Waals surface area contributed by atoms with E-state index < -0.39 is 0 Å². The van der Waals surface area contributed by atoms with Crippen LogP contribution in [0, 0.1) is 6.92 Å². The van der Waals surface area contributed by atoms with E-state index >= 15 is 0 Å². The molecular weight excluding hydrogens is 258 g/mol. The molecule has 0 saturated carbocycles. The number of carbonyl (C=O) groups excluding carboxylic acids is 1. The van der Waals surface area contributed by atoms with E-state index in [9.17, 15) is 4.79 Å². The summed E-state index contributed by atoms with van der Waals surface area (Å²) < 4.78 is 0. The molecule has 0 aliphatic heterocycles. The molecule has 3 rings (SSSR count). The van der Waals surface area contributed by atoms with E-state index in [0.29, 0.717) is 10.8 Å². The fourth-order valence-corrected chi connectivity index (χ4v) is 2.55. The predicted octanol–water partition coefficient (Wildman–Crippen LogP) is 3.25. The number of nitrogens with zero attached hydrogens (tertiary/aromatic N) is 2. The number of amides is 1. The van der Waals surface area contributed by atoms with Crippen molar-refractivity contribution >= 4 is 33.1 Å². The number of nitrogens with one attached hydrogen (secondary N) is 1. The summed E-state index contributed by atoms with van der Waals surface area (Å²) in [5.41, 5.74) is 1.47. The van der Waals surface area contributed by atoms with Crippen LogP contribution < -0.4 is 5.32 Å². The maximum absolute atomic E-state index is 12.3. The Morgan fingerprint density at radius 1 is 1.21 bits per heavy atom. The molecule has 0 radical (unpaired) electrons. The molecule has 0 bridgehead atoms. The largest absolute Gasteiger partial charge is 0.296 e. The minimum Gasteiger partial charge on any atom is -0.296 e. The minimum absolute atomic E-state index is 0.227. The summed E-state index contributed by atoms with van der Waals surface area (Å²) in [6, 6.07) is 7.83. The van der Waals surface area contributed by atoms with Gasteiger partial charge in [-0.05, 0) is 23.9 Å². The molecule has 3 aromatic rings. The van der Waals surface area contributed by atoms with Crippen LogP contribution in [0.15, 0.2) is 42.0 Å². The molecule has 1 N–H and O–H groups in total. The lowest BCUT2D eigenvalue weighted by Gasteiger charge is -2.07. The van der Waals surface area contributed by atoms with Gasteiger partial charge in [-0.15, -0.1) is 11.3 Å². The first kappa shape index (κ1) is 11.8. The zero-order valence-corrected chi connectivity index (χ0v) is 11.1. The molecule has 0 aliphatic carbocycles. The number of fused-ring (bicyclic) bond motifs is 1. The molecule has 2 aromatic heterocycles. The van der Waals surface area contributed by atoms with Crippen molar-refractivity contribution in [3.63, 3.8) is 0 Å². The van der Waals surface area contributed by atoms with Crippen LogP contribution >= 0.6 is 11.3 Å². The number of thiazole rings is 1. The number of anilines is 1. The monoisotopic (exact) mass is 269 g/mol. The highest BCUT2D eigenvalue weighted by Crippen LogP contribution is 2.22. The lowest BCUT2D eigenvalue weighted by Crippen LogP contribution is -2.14. The quantitative estimate of drug-likeness (QED) is 0.777. The van der Waals surface area contributed by atoms with E-state index in [1.54, 1.807) is 12.4 Å². The van der Waals surface area contributed by atoms with Gasteiger partial charge >= 0.3 is 0 Å². The van der Waals surface area contributed by atoms with Crippen LogP contribution in [0.5, 0.6) is 0 Å². The Balaban J connectivity index is 2.07. The first-order valence-corrected chi connectivity index (χ1v) is 6.69. The summed E-state index contributed by atoms with van der Waals surface area (Å²) in [4.78, 5) is 20.5. The molecule has 0 spiro atoms. The molecule has 0 unspecified atom stereocenters. The average molecular weight is 269 g/mol. The van der Waals surface area contributed by atoms with Gasteiger partial charge in [-0.1, -0.05) is 18.2 Å². The Hall–Kier alpha value is -2.27. The number of aromatic nitrogens is 2. The van der Waals surface area contributed by atoms with Gasteiger partial charge in [0.25, 0.3) is 5.91 Å². The third kappa shape index (κ3) is 2.20. The Morgan fingerprint density at radius 3 is 2.89 bits per heavy atom. The molecule has 5 heteroatoms. The number of benzene rings is 1. The molecule has 0 fully saturated rings. The van der Waals surface area contributed by atoms with Gasteiger partial charge in [-0.25, -0.2) is 4.98 Å². The van der Waals surface area contributed by atoms with Crippen molar-refractivity contribution < 1.29 is 4.79 Å². The number of pyridine rings is 1. The van der Waals surface area contributed by atoms with Crippen LogP contribution in [0.2, 0.25) is 0 Å². The highest BCUT2D eigenvalue weighted by atomic mass is 32.1. The van der Waals surface area contributed by atoms with Gasteiger partial charge in [0.05, 0.1) is 0 Å². The van der Waals surface area contributed by atoms with Crippen molar-refractivity contribution in [1.29, 1.82) is 0 Å². The highest BCUT2D eigenvalue weighted by Gasteiger charge is 2.14. The molecule has 19 heavy (non-hydrogen) atoms. The van der Waals surface area contributed by atoms with E-state index in [1.165, 1.54) is 11.3 Å². The van der Waals surface area contributed by atoms with E-state index in [-0.39, 0.29) is 5.91 Å². The third-order valence-corrected chi connectivity index (χ3v) is 3.56. The van der Waals surface area contributed by atoms with Crippen molar-refractivity contribution in [2.45, 2.75) is 6.92 Å². The molecule has 2 heterocycles. The van der Waals surface area contributed by atoms with Gasteiger partial charge in [0, 0.05) is 23.2 Å². The molecule has 1 amide bonds. The number of hydrogen-bond acceptors (Lipinski definition) is 4. The second-order valence-corrected chi connectivity index (χ2v) is 5.02. The molecule has 0 atom stereocenters. The Labute approximate surface area is 114 Å². The number of rotatable bonds is 2. The highest BCUT2D eigenvalue weighted by molar-refractivity contribution is 7.13. The summed E-state index contributed by atoms with van der Waals surface area (Å²) in [5.74, 6) is -0.227. The lowest BCUT2D eigenvalue weighted by atomic mass is 10.0. The van der Waals surface area contributed by atoms with Gasteiger partial charge in [-0.2, -0.15) is 0 Å². The smallest absolute Gasteiger partial charge is 0.276 e. The molecule has 0 saturated heterocycles. The summed E-state index contributed by atoms with van der Waals surface area (Å²) in [5, 5.41) is 7.06. The van der Waals surface area contributed by atoms with E-state index in [1.807, 2.05) is 36.6 Å². The van der Waals surface area contributed by atoms with Gasteiger partial charge in [0.2, 0.25) is 0 Å². The summed E-state index contributed by atoms with van der Waals surface area (Å²) in [6.45, 7) is 1.98. The summed E-state index contributed by atoms with van der Waals surface area (Å²) >= 11 is 1.38. The van der Waals surface area contributed by atoms with Gasteiger partial charge in [0.15, 0.2) is 5.13 Å². The number of carbonyl (C=O) groups is 1. The Kier molecular flexibility index (Phi) is 2.97. The molecule has 94 valence electrons. The van der Waals surface area contributed by atoms with Crippen LogP contribution in [-0.2, 0) is 0 Å². The standard InChI is InChI=1S/C14H11N3OS/c1-9-3-2-4-10-5-6-15-12(11(9)10)13(18)17-14-16-7-8-19-14/h2-8H,1H3,(H,16,17,18). The fourth-order valence-electron chi connectivity index (χ4n) is 2.02. The van der Waals surface area contributed by atoms with E-state index in [0.717, 1.165) is 16.3 Å². The van der Waals surface area contributed by atoms with Gasteiger partial charge in [0.1, 0.15) is 5.69 Å². The zero-order valence-electron chi connectivity index (χ0n) is 10.3. The van der Waals surface area contributed by atoms with Crippen molar-refractivity contribution in [1.82, 2.24) is 9.97 Å². The van der Waals surface area contributed by atoms with Gasteiger partial charge < -0.3 is 0 Å². The van der Waals surface area contributed by atoms with E-state index in [2.05, 4.69) is 15.3 Å². The zero-order chi connectivity index (χ0) is 13.2. The summed E-state index contributed by atoms with van der Waals surface area (Å²) in [6.07, 6.45) is 3.31. The Bertz CT molecular complexity index is 732. The molecular formula is C14H11N3OS. The number of aryl methyl sites for hydroxylation is 1. The van der Waals surface area contributed by atoms with Crippen molar-refractivity contribution in [3.8, 4) is 0 Å². The van der Waals surface area contributed by atoms with Crippen LogP contribution in [0.25, 0.3) is 10.8 Å². The molecule has 0 aliphatic rings. The lowest BCUT2D eigenvalue weighted by molar-refractivity contribution is 0.102. The first-order chi connectivity index (χ1) is 9.25. The van der Waals surface area contributed by atoms with Crippen LogP contribution in [0.1, 0.15) is 16.1 Å². The molecule has 4 nitrogen and oxygen atoms in total. The van der Waals surface area contributed by atoms with Crippen molar-refractivity contribution in [2.75, 3.05) is 5.32 Å². The molecule has 1 aromatic carbocycles. The van der Waals surface area contributed by atoms with Crippen LogP contribution in [0.4, 0.5) is 5.13 Å². The predicted molar refractivity (Wildman–Crippen MR) is 76.5 cm³/mol. The first-order valence-electron chi connectivity index (χ1n) is 5.81. The maximum Gasteiger partial charge on any atom is 0.276 e. The second-order valence-electron chi connectivity index (χ2n) is 4.12. The SMILES string of the molecule is Cc1cccc2ccnc(C(=O)Nc3nccs3)c12. The topological polar surface area (TPSA) is 54.9 Å². The van der Waals surface area contributed by atoms with E-state index in [4.69, 9.17) is 0 Å². The van der Waals surface area contributed by atoms with Crippen LogP contribution in [0.3, 0.4) is 0 Å². The maximum atomic E-state index is 12.3. The normalized spacial score (nSPS) is 10.6. The third-order valence-electron chi connectivity index (χ3n) is 2.87. The summed E-state index contributed by atoms with van der Waals surface area (Å²) in [7, 11) is 0. The fraction of sp³-hybridized carbons (Fsp3) is 0.0714. The number of hydrogen-bond donors (Lipinski definition) is 1. The Morgan fingerprint density at radius 2 is 2.11 bits per heavy atom. The van der Waals surface area contributed by atoms with Crippen LogP contribution in [-0.4, -0.2) is 15.9 Å². The second kappa shape index (κ2) is 4.78. The van der Waals surface area contributed by atoms with Crippen molar-refractivity contribution in [3.05, 3.63) is 53.3 Å². The minimum atomic E-state index is -0.227. The van der Waals surface area contributed by atoms with Gasteiger partial charge in [-0.3, -0.25) is 15.1 Å². The van der Waals surface area contributed by atoms with Crippen molar-refractivity contribution in [2.24, 2.45) is 0 Å².